The zero-order valence-electron chi connectivity index (χ0n) is 21.3. The zero-order valence-corrected chi connectivity index (χ0v) is 21.3. The average molecular weight is 492 g/mol. The number of ether oxygens (including phenoxy) is 2. The van der Waals surface area contributed by atoms with Crippen molar-refractivity contribution in [3.8, 4) is 11.5 Å². The SMILES string of the molecule is CCCN(CC(=O)N(Cc1ccc2c(c1)OCO2)Cc1ccc(C)o1)C(=O)Nc1c(C)cccc1C. The topological polar surface area (TPSA) is 84.2 Å². The first-order valence-corrected chi connectivity index (χ1v) is 12.2. The second-order valence-corrected chi connectivity index (χ2v) is 9.07. The highest BCUT2D eigenvalue weighted by Gasteiger charge is 2.24. The van der Waals surface area contributed by atoms with Gasteiger partial charge < -0.3 is 29.0 Å². The summed E-state index contributed by atoms with van der Waals surface area (Å²) in [6.45, 7) is 9.00. The van der Waals surface area contributed by atoms with E-state index in [-0.39, 0.29) is 25.3 Å². The van der Waals surface area contributed by atoms with E-state index in [1.807, 2.05) is 76.2 Å². The zero-order chi connectivity index (χ0) is 25.7. The first-order chi connectivity index (χ1) is 17.3. The van der Waals surface area contributed by atoms with Crippen molar-refractivity contribution >= 4 is 17.6 Å². The van der Waals surface area contributed by atoms with E-state index in [9.17, 15) is 9.59 Å². The van der Waals surface area contributed by atoms with Crippen LogP contribution in [0.3, 0.4) is 0 Å². The van der Waals surface area contributed by atoms with Crippen molar-refractivity contribution in [1.29, 1.82) is 0 Å². The molecule has 2 heterocycles. The number of fused-ring (bicyclic) bond motifs is 1. The van der Waals surface area contributed by atoms with Gasteiger partial charge in [-0.25, -0.2) is 4.79 Å². The summed E-state index contributed by atoms with van der Waals surface area (Å²) in [4.78, 5) is 30.0. The molecule has 0 aliphatic carbocycles. The second kappa shape index (κ2) is 11.2. The Balaban J connectivity index is 1.52. The van der Waals surface area contributed by atoms with Gasteiger partial charge in [-0.05, 0) is 68.1 Å². The van der Waals surface area contributed by atoms with Crippen molar-refractivity contribution < 1.29 is 23.5 Å². The van der Waals surface area contributed by atoms with E-state index in [0.29, 0.717) is 36.9 Å². The van der Waals surface area contributed by atoms with Crippen LogP contribution in [0.2, 0.25) is 0 Å². The van der Waals surface area contributed by atoms with Crippen LogP contribution in [0.15, 0.2) is 52.9 Å². The summed E-state index contributed by atoms with van der Waals surface area (Å²) < 4.78 is 16.7. The van der Waals surface area contributed by atoms with Gasteiger partial charge in [-0.3, -0.25) is 4.79 Å². The fraction of sp³-hybridized carbons (Fsp3) is 0.357. The molecule has 8 nitrogen and oxygen atoms in total. The van der Waals surface area contributed by atoms with Crippen molar-refractivity contribution in [2.24, 2.45) is 0 Å². The Labute approximate surface area is 211 Å². The number of urea groups is 1. The number of carbonyl (C=O) groups is 2. The maximum absolute atomic E-state index is 13.6. The fourth-order valence-corrected chi connectivity index (χ4v) is 4.23. The number of rotatable bonds is 9. The third kappa shape index (κ3) is 6.00. The molecule has 0 spiro atoms. The summed E-state index contributed by atoms with van der Waals surface area (Å²) in [5.41, 5.74) is 3.63. The molecule has 0 atom stereocenters. The van der Waals surface area contributed by atoms with E-state index in [0.717, 1.165) is 34.6 Å². The van der Waals surface area contributed by atoms with Crippen LogP contribution in [0.25, 0.3) is 0 Å². The maximum atomic E-state index is 13.6. The minimum atomic E-state index is -0.292. The molecule has 0 saturated heterocycles. The molecule has 0 unspecified atom stereocenters. The lowest BCUT2D eigenvalue weighted by molar-refractivity contribution is -0.133. The number of nitrogens with zero attached hydrogens (tertiary/aromatic N) is 2. The Morgan fingerprint density at radius 2 is 1.67 bits per heavy atom. The Morgan fingerprint density at radius 1 is 0.917 bits per heavy atom. The van der Waals surface area contributed by atoms with Gasteiger partial charge in [0.1, 0.15) is 18.1 Å². The lowest BCUT2D eigenvalue weighted by atomic mass is 10.1. The quantitative estimate of drug-likeness (QED) is 0.433. The number of furan rings is 1. The summed E-state index contributed by atoms with van der Waals surface area (Å²) in [7, 11) is 0. The molecule has 2 aromatic carbocycles. The van der Waals surface area contributed by atoms with Crippen molar-refractivity contribution in [3.05, 3.63) is 76.7 Å². The normalized spacial score (nSPS) is 11.9. The minimum Gasteiger partial charge on any atom is -0.464 e. The molecule has 1 aliphatic heterocycles. The van der Waals surface area contributed by atoms with E-state index < -0.39 is 0 Å². The van der Waals surface area contributed by atoms with Crippen LogP contribution in [-0.4, -0.2) is 41.6 Å². The van der Waals surface area contributed by atoms with E-state index in [4.69, 9.17) is 13.9 Å². The van der Waals surface area contributed by atoms with Gasteiger partial charge in [-0.2, -0.15) is 0 Å². The largest absolute Gasteiger partial charge is 0.464 e. The molecule has 1 aliphatic rings. The molecule has 190 valence electrons. The van der Waals surface area contributed by atoms with Gasteiger partial charge in [0.2, 0.25) is 12.7 Å². The molecule has 4 rings (SSSR count). The number of aryl methyl sites for hydroxylation is 3. The van der Waals surface area contributed by atoms with Crippen molar-refractivity contribution in [2.45, 2.75) is 47.2 Å². The number of carbonyl (C=O) groups excluding carboxylic acids is 2. The number of benzene rings is 2. The Morgan fingerprint density at radius 3 is 2.36 bits per heavy atom. The van der Waals surface area contributed by atoms with Crippen LogP contribution in [0.5, 0.6) is 11.5 Å². The molecule has 0 fully saturated rings. The van der Waals surface area contributed by atoms with E-state index in [1.165, 1.54) is 0 Å². The number of para-hydroxylation sites is 1. The Kier molecular flexibility index (Phi) is 7.83. The van der Waals surface area contributed by atoms with Gasteiger partial charge in [0.05, 0.1) is 6.54 Å². The van der Waals surface area contributed by atoms with Gasteiger partial charge in [0, 0.05) is 18.8 Å². The van der Waals surface area contributed by atoms with E-state index in [1.54, 1.807) is 9.80 Å². The Hall–Kier alpha value is -3.94. The smallest absolute Gasteiger partial charge is 0.322 e. The number of anilines is 1. The van der Waals surface area contributed by atoms with Crippen LogP contribution >= 0.6 is 0 Å². The monoisotopic (exact) mass is 491 g/mol. The van der Waals surface area contributed by atoms with Crippen molar-refractivity contribution in [2.75, 3.05) is 25.2 Å². The summed E-state index contributed by atoms with van der Waals surface area (Å²) in [5, 5.41) is 3.01. The standard InChI is InChI=1S/C28H33N3O5/c1-5-13-30(28(33)29-27-19(2)7-6-8-20(27)3)17-26(32)31(16-23-11-9-21(4)36-23)15-22-10-12-24-25(14-22)35-18-34-24/h6-12,14H,5,13,15-18H2,1-4H3,(H,29,33). The third-order valence-electron chi connectivity index (χ3n) is 6.13. The highest BCUT2D eigenvalue weighted by molar-refractivity contribution is 5.93. The molecule has 8 heteroatoms. The van der Waals surface area contributed by atoms with Crippen molar-refractivity contribution in [3.63, 3.8) is 0 Å². The van der Waals surface area contributed by atoms with Crippen LogP contribution in [0, 0.1) is 20.8 Å². The molecule has 1 aromatic heterocycles. The summed E-state index contributed by atoms with van der Waals surface area (Å²) in [6.07, 6.45) is 0.729. The predicted octanol–water partition coefficient (Wildman–Crippen LogP) is 5.41. The molecule has 3 aromatic rings. The lowest BCUT2D eigenvalue weighted by Crippen LogP contribution is -2.44. The highest BCUT2D eigenvalue weighted by atomic mass is 16.7. The number of hydrogen-bond acceptors (Lipinski definition) is 5. The van der Waals surface area contributed by atoms with Crippen LogP contribution < -0.4 is 14.8 Å². The first kappa shape index (κ1) is 25.2. The van der Waals surface area contributed by atoms with Gasteiger partial charge >= 0.3 is 6.03 Å². The average Bonchev–Trinajstić information content (AvgIpc) is 3.48. The predicted molar refractivity (Wildman–Crippen MR) is 137 cm³/mol. The number of amides is 3. The van der Waals surface area contributed by atoms with E-state index in [2.05, 4.69) is 5.32 Å². The van der Waals surface area contributed by atoms with Gasteiger partial charge in [-0.1, -0.05) is 31.2 Å². The molecule has 3 amide bonds. The molecule has 0 radical (unpaired) electrons. The van der Waals surface area contributed by atoms with Crippen molar-refractivity contribution in [1.82, 2.24) is 9.80 Å². The summed E-state index contributed by atoms with van der Waals surface area (Å²) in [6, 6.07) is 15.0. The molecule has 0 bridgehead atoms. The molecule has 1 N–H and O–H groups in total. The molecule has 0 saturated carbocycles. The van der Waals surface area contributed by atoms with Gasteiger partial charge in [-0.15, -0.1) is 0 Å². The van der Waals surface area contributed by atoms with Crippen LogP contribution in [-0.2, 0) is 17.9 Å². The molecular formula is C28H33N3O5. The van der Waals surface area contributed by atoms with Crippen LogP contribution in [0.1, 0.15) is 41.6 Å². The second-order valence-electron chi connectivity index (χ2n) is 9.07. The van der Waals surface area contributed by atoms with E-state index >= 15 is 0 Å². The first-order valence-electron chi connectivity index (χ1n) is 12.2. The Bertz CT molecular complexity index is 1220. The minimum absolute atomic E-state index is 0.0468. The van der Waals surface area contributed by atoms with Crippen LogP contribution in [0.4, 0.5) is 10.5 Å². The molecule has 36 heavy (non-hydrogen) atoms. The fourth-order valence-electron chi connectivity index (χ4n) is 4.23. The maximum Gasteiger partial charge on any atom is 0.322 e. The molecular weight excluding hydrogens is 458 g/mol. The highest BCUT2D eigenvalue weighted by Crippen LogP contribution is 2.33. The number of nitrogens with one attached hydrogen (secondary N) is 1. The summed E-state index contributed by atoms with van der Waals surface area (Å²) in [5.74, 6) is 2.64. The summed E-state index contributed by atoms with van der Waals surface area (Å²) >= 11 is 0. The van der Waals surface area contributed by atoms with Gasteiger partial charge in [0.25, 0.3) is 0 Å². The lowest BCUT2D eigenvalue weighted by Gasteiger charge is -2.28. The third-order valence-corrected chi connectivity index (χ3v) is 6.13. The van der Waals surface area contributed by atoms with Gasteiger partial charge in [0.15, 0.2) is 11.5 Å². The number of hydrogen-bond donors (Lipinski definition) is 1.